The molecule has 0 N–H and O–H groups in total. The highest BCUT2D eigenvalue weighted by Gasteiger charge is 2.18. The van der Waals surface area contributed by atoms with Crippen molar-refractivity contribution in [3.63, 3.8) is 0 Å². The standard InChI is InChI=1S/C50H31N5/c51-32-33-19-21-35(22-20-33)41-28-42(50-53-48(36-12-3-1-4-13-36)52-49(54-50)37-14-5-2-6-15-37)30-43(29-41)55-46-18-10-9-17-44(46)45-26-25-40(31-47(45)55)39-24-23-34-11-7-8-16-38(34)27-39/h1-31H. The van der Waals surface area contributed by atoms with E-state index in [0.717, 1.165) is 55.7 Å². The molecule has 0 saturated carbocycles. The van der Waals surface area contributed by atoms with Crippen LogP contribution in [0, 0.1) is 11.3 Å². The minimum Gasteiger partial charge on any atom is -0.309 e. The van der Waals surface area contributed by atoms with Gasteiger partial charge in [0.15, 0.2) is 17.5 Å². The van der Waals surface area contributed by atoms with Gasteiger partial charge in [-0.05, 0) is 81.6 Å². The second-order valence-corrected chi connectivity index (χ2v) is 13.6. The lowest BCUT2D eigenvalue weighted by Gasteiger charge is -2.15. The molecule has 10 rings (SSSR count). The molecule has 0 aliphatic carbocycles. The van der Waals surface area contributed by atoms with Crippen LogP contribution < -0.4 is 0 Å². The summed E-state index contributed by atoms with van der Waals surface area (Å²) in [6, 6.07) is 67.1. The molecule has 0 fully saturated rings. The first-order valence-electron chi connectivity index (χ1n) is 18.2. The van der Waals surface area contributed by atoms with Gasteiger partial charge in [-0.2, -0.15) is 5.26 Å². The molecule has 5 heteroatoms. The SMILES string of the molecule is N#Cc1ccc(-c2cc(-c3nc(-c4ccccc4)nc(-c4ccccc4)n3)cc(-n3c4ccccc4c4ccc(-c5ccc6ccccc6c5)cc43)c2)cc1. The maximum Gasteiger partial charge on any atom is 0.164 e. The van der Waals surface area contributed by atoms with Crippen LogP contribution in [0.15, 0.2) is 188 Å². The van der Waals surface area contributed by atoms with Gasteiger partial charge in [-0.25, -0.2) is 15.0 Å². The van der Waals surface area contributed by atoms with Gasteiger partial charge >= 0.3 is 0 Å². The number of fused-ring (bicyclic) bond motifs is 4. The summed E-state index contributed by atoms with van der Waals surface area (Å²) in [6.07, 6.45) is 0. The van der Waals surface area contributed by atoms with E-state index in [9.17, 15) is 5.26 Å². The van der Waals surface area contributed by atoms with Gasteiger partial charge in [-0.3, -0.25) is 0 Å². The van der Waals surface area contributed by atoms with Gasteiger partial charge in [0, 0.05) is 33.2 Å². The quantitative estimate of drug-likeness (QED) is 0.173. The Kier molecular flexibility index (Phi) is 7.79. The number of para-hydroxylation sites is 1. The Hall–Kier alpha value is -7.68. The number of hydrogen-bond donors (Lipinski definition) is 0. The predicted molar refractivity (Wildman–Crippen MR) is 224 cm³/mol. The summed E-state index contributed by atoms with van der Waals surface area (Å²) in [5, 5.41) is 14.4. The zero-order valence-electron chi connectivity index (χ0n) is 29.6. The molecule has 0 aliphatic heterocycles. The highest BCUT2D eigenvalue weighted by molar-refractivity contribution is 6.10. The number of nitriles is 1. The molecule has 256 valence electrons. The first-order valence-corrected chi connectivity index (χ1v) is 18.2. The second kappa shape index (κ2) is 13.4. The van der Waals surface area contributed by atoms with Gasteiger partial charge in [0.2, 0.25) is 0 Å². The third kappa shape index (κ3) is 5.89. The van der Waals surface area contributed by atoms with Crippen LogP contribution in [0.1, 0.15) is 5.56 Å². The van der Waals surface area contributed by atoms with Crippen molar-refractivity contribution < 1.29 is 0 Å². The maximum absolute atomic E-state index is 9.58. The van der Waals surface area contributed by atoms with Crippen molar-refractivity contribution in [2.24, 2.45) is 0 Å². The number of rotatable bonds is 6. The van der Waals surface area contributed by atoms with E-state index < -0.39 is 0 Å². The maximum atomic E-state index is 9.58. The molecule has 8 aromatic carbocycles. The fourth-order valence-electron chi connectivity index (χ4n) is 7.51. The average molecular weight is 702 g/mol. The first-order chi connectivity index (χ1) is 27.2. The van der Waals surface area contributed by atoms with Gasteiger partial charge in [-0.1, -0.05) is 140 Å². The Morgan fingerprint density at radius 2 is 0.909 bits per heavy atom. The van der Waals surface area contributed by atoms with E-state index in [1.807, 2.05) is 84.9 Å². The molecule has 55 heavy (non-hydrogen) atoms. The van der Waals surface area contributed by atoms with Crippen molar-refractivity contribution in [1.29, 1.82) is 5.26 Å². The summed E-state index contributed by atoms with van der Waals surface area (Å²) in [6.45, 7) is 0. The fourth-order valence-corrected chi connectivity index (χ4v) is 7.51. The summed E-state index contributed by atoms with van der Waals surface area (Å²) in [7, 11) is 0. The molecule has 0 amide bonds. The van der Waals surface area contributed by atoms with Crippen molar-refractivity contribution in [1.82, 2.24) is 19.5 Å². The molecule has 0 aliphatic rings. The summed E-state index contributed by atoms with van der Waals surface area (Å²) >= 11 is 0. The summed E-state index contributed by atoms with van der Waals surface area (Å²) in [4.78, 5) is 15.2. The normalized spacial score (nSPS) is 11.3. The van der Waals surface area contributed by atoms with E-state index in [2.05, 4.69) is 114 Å². The smallest absolute Gasteiger partial charge is 0.164 e. The predicted octanol–water partition coefficient (Wildman–Crippen LogP) is 12.3. The van der Waals surface area contributed by atoms with Gasteiger partial charge in [0.25, 0.3) is 0 Å². The van der Waals surface area contributed by atoms with Crippen molar-refractivity contribution in [3.05, 3.63) is 194 Å². The Balaban J connectivity index is 1.23. The fraction of sp³-hybridized carbons (Fsp3) is 0. The molecule has 5 nitrogen and oxygen atoms in total. The number of benzene rings is 8. The molecule has 0 bridgehead atoms. The van der Waals surface area contributed by atoms with Gasteiger partial charge < -0.3 is 4.57 Å². The summed E-state index contributed by atoms with van der Waals surface area (Å²) < 4.78 is 2.35. The van der Waals surface area contributed by atoms with Crippen LogP contribution in [0.3, 0.4) is 0 Å². The largest absolute Gasteiger partial charge is 0.309 e. The van der Waals surface area contributed by atoms with E-state index in [1.165, 1.54) is 21.5 Å². The monoisotopic (exact) mass is 701 g/mol. The Bertz CT molecular complexity index is 3030. The minimum atomic E-state index is 0.571. The van der Waals surface area contributed by atoms with E-state index in [1.54, 1.807) is 0 Å². The first kappa shape index (κ1) is 32.0. The van der Waals surface area contributed by atoms with Crippen LogP contribution in [-0.2, 0) is 0 Å². The molecule has 0 atom stereocenters. The van der Waals surface area contributed by atoms with E-state index in [-0.39, 0.29) is 0 Å². The molecular formula is C50H31N5. The van der Waals surface area contributed by atoms with Gasteiger partial charge in [-0.15, -0.1) is 0 Å². The van der Waals surface area contributed by atoms with Gasteiger partial charge in [0.1, 0.15) is 0 Å². The van der Waals surface area contributed by atoms with Gasteiger partial charge in [0.05, 0.1) is 22.7 Å². The summed E-state index contributed by atoms with van der Waals surface area (Å²) in [5.74, 6) is 1.78. The van der Waals surface area contributed by atoms with Crippen LogP contribution in [0.2, 0.25) is 0 Å². The van der Waals surface area contributed by atoms with Crippen LogP contribution in [0.5, 0.6) is 0 Å². The molecule has 0 unspecified atom stereocenters. The Labute approximate surface area is 318 Å². The average Bonchev–Trinajstić information content (AvgIpc) is 3.60. The van der Waals surface area contributed by atoms with Crippen molar-refractivity contribution in [2.75, 3.05) is 0 Å². The minimum absolute atomic E-state index is 0.571. The molecule has 0 saturated heterocycles. The highest BCUT2D eigenvalue weighted by atomic mass is 15.0. The molecular weight excluding hydrogens is 671 g/mol. The van der Waals surface area contributed by atoms with Crippen LogP contribution in [-0.4, -0.2) is 19.5 Å². The Morgan fingerprint density at radius 3 is 1.62 bits per heavy atom. The lowest BCUT2D eigenvalue weighted by Crippen LogP contribution is -2.02. The third-order valence-electron chi connectivity index (χ3n) is 10.2. The molecule has 2 aromatic heterocycles. The zero-order valence-corrected chi connectivity index (χ0v) is 29.6. The van der Waals surface area contributed by atoms with Crippen LogP contribution >= 0.6 is 0 Å². The van der Waals surface area contributed by atoms with Crippen molar-refractivity contribution in [2.45, 2.75) is 0 Å². The van der Waals surface area contributed by atoms with Crippen molar-refractivity contribution in [3.8, 4) is 68.2 Å². The van der Waals surface area contributed by atoms with Crippen molar-refractivity contribution >= 4 is 32.6 Å². The third-order valence-corrected chi connectivity index (χ3v) is 10.2. The number of aromatic nitrogens is 4. The lowest BCUT2D eigenvalue weighted by molar-refractivity contribution is 1.07. The second-order valence-electron chi connectivity index (χ2n) is 13.6. The van der Waals surface area contributed by atoms with E-state index in [4.69, 9.17) is 15.0 Å². The zero-order chi connectivity index (χ0) is 36.7. The summed E-state index contributed by atoms with van der Waals surface area (Å²) in [5.41, 5.74) is 10.7. The molecule has 10 aromatic rings. The molecule has 0 spiro atoms. The number of nitrogens with zero attached hydrogens (tertiary/aromatic N) is 5. The van der Waals surface area contributed by atoms with Crippen LogP contribution in [0.25, 0.3) is 94.7 Å². The highest BCUT2D eigenvalue weighted by Crippen LogP contribution is 2.38. The van der Waals surface area contributed by atoms with E-state index in [0.29, 0.717) is 23.0 Å². The Morgan fingerprint density at radius 1 is 0.364 bits per heavy atom. The molecule has 2 heterocycles. The molecule has 0 radical (unpaired) electrons. The topological polar surface area (TPSA) is 67.4 Å². The lowest BCUT2D eigenvalue weighted by atomic mass is 9.99. The number of hydrogen-bond acceptors (Lipinski definition) is 4. The van der Waals surface area contributed by atoms with E-state index >= 15 is 0 Å². The van der Waals surface area contributed by atoms with Crippen LogP contribution in [0.4, 0.5) is 0 Å².